The van der Waals surface area contributed by atoms with Gasteiger partial charge in [-0.25, -0.2) is 4.79 Å². The summed E-state index contributed by atoms with van der Waals surface area (Å²) in [5.41, 5.74) is 7.73. The number of pyridine rings is 1. The van der Waals surface area contributed by atoms with Gasteiger partial charge in [-0.15, -0.1) is 0 Å². The number of benzene rings is 1. The highest BCUT2D eigenvalue weighted by Crippen LogP contribution is 2.38. The molecule has 1 amide bonds. The molecule has 3 rings (SSSR count). The molecule has 0 spiro atoms. The molecule has 1 saturated heterocycles. The van der Waals surface area contributed by atoms with E-state index in [0.717, 1.165) is 5.56 Å². The van der Waals surface area contributed by atoms with E-state index in [4.69, 9.17) is 19.8 Å². The molecule has 1 aliphatic heterocycles. The van der Waals surface area contributed by atoms with Crippen LogP contribution in [0.5, 0.6) is 0 Å². The highest BCUT2D eigenvalue weighted by molar-refractivity contribution is 6.56. The molecule has 3 N–H and O–H groups in total. The van der Waals surface area contributed by atoms with Gasteiger partial charge >= 0.3 is 13.2 Å². The number of hydrogen-bond donors (Lipinski definition) is 2. The zero-order chi connectivity index (χ0) is 21.8. The Morgan fingerprint density at radius 3 is 2.43 bits per heavy atom. The normalized spacial score (nSPS) is 17.6. The highest BCUT2D eigenvalue weighted by atomic mass is 16.7. The second kappa shape index (κ2) is 8.89. The Morgan fingerprint density at radius 2 is 1.80 bits per heavy atom. The van der Waals surface area contributed by atoms with Gasteiger partial charge in [0.05, 0.1) is 22.6 Å². The number of ether oxygens (including phenoxy) is 1. The van der Waals surface area contributed by atoms with E-state index in [1.165, 1.54) is 0 Å². The number of carbonyl (C=O) groups excluding carboxylic acids is 1. The van der Waals surface area contributed by atoms with Gasteiger partial charge in [0.1, 0.15) is 6.61 Å². The predicted molar refractivity (Wildman–Crippen MR) is 117 cm³/mol. The summed E-state index contributed by atoms with van der Waals surface area (Å²) in [6, 6.07) is 13.0. The van der Waals surface area contributed by atoms with Crippen molar-refractivity contribution in [2.24, 2.45) is 0 Å². The minimum Gasteiger partial charge on any atom is -0.445 e. The van der Waals surface area contributed by atoms with Crippen LogP contribution in [0.4, 0.5) is 10.5 Å². The molecule has 0 saturated carbocycles. The number of aromatic nitrogens is 1. The SMILES string of the molecule is CC1(C)OB(C(=Cc2ncccc2N)CNC(=O)OCc2ccccc2)OC1(C)C. The molecule has 0 aliphatic carbocycles. The van der Waals surface area contributed by atoms with Crippen molar-refractivity contribution in [3.63, 3.8) is 0 Å². The van der Waals surface area contributed by atoms with Gasteiger partial charge in [0.25, 0.3) is 0 Å². The van der Waals surface area contributed by atoms with E-state index in [0.29, 0.717) is 16.9 Å². The molecular formula is C22H28BN3O4. The first-order valence-electron chi connectivity index (χ1n) is 9.89. The molecule has 1 aromatic heterocycles. The lowest BCUT2D eigenvalue weighted by molar-refractivity contribution is 0.00578. The second-order valence-corrected chi connectivity index (χ2v) is 8.20. The number of nitrogens with zero attached hydrogens (tertiary/aromatic N) is 1. The maximum absolute atomic E-state index is 12.2. The van der Waals surface area contributed by atoms with E-state index in [1.807, 2.05) is 58.0 Å². The van der Waals surface area contributed by atoms with E-state index in [2.05, 4.69) is 10.3 Å². The molecular weight excluding hydrogens is 381 g/mol. The maximum atomic E-state index is 12.2. The van der Waals surface area contributed by atoms with Crippen LogP contribution in [-0.4, -0.2) is 35.9 Å². The molecule has 0 unspecified atom stereocenters. The van der Waals surface area contributed by atoms with E-state index in [9.17, 15) is 4.79 Å². The lowest BCUT2D eigenvalue weighted by atomic mass is 9.77. The Hall–Kier alpha value is -2.84. The van der Waals surface area contributed by atoms with Gasteiger partial charge in [0.2, 0.25) is 0 Å². The van der Waals surface area contributed by atoms with Crippen LogP contribution in [-0.2, 0) is 20.7 Å². The summed E-state index contributed by atoms with van der Waals surface area (Å²) >= 11 is 0. The number of nitrogen functional groups attached to an aromatic ring is 1. The molecule has 2 aromatic rings. The van der Waals surface area contributed by atoms with E-state index in [1.54, 1.807) is 24.4 Å². The topological polar surface area (TPSA) is 95.7 Å². The molecule has 0 bridgehead atoms. The fourth-order valence-corrected chi connectivity index (χ4v) is 2.87. The molecule has 0 radical (unpaired) electrons. The minimum atomic E-state index is -0.647. The van der Waals surface area contributed by atoms with Crippen molar-refractivity contribution < 1.29 is 18.8 Å². The van der Waals surface area contributed by atoms with Crippen molar-refractivity contribution in [2.75, 3.05) is 12.3 Å². The quantitative estimate of drug-likeness (QED) is 0.708. The molecule has 1 aliphatic rings. The lowest BCUT2D eigenvalue weighted by Gasteiger charge is -2.32. The fourth-order valence-electron chi connectivity index (χ4n) is 2.87. The molecule has 1 fully saturated rings. The zero-order valence-electron chi connectivity index (χ0n) is 17.8. The number of anilines is 1. The van der Waals surface area contributed by atoms with Crippen LogP contribution in [0.3, 0.4) is 0 Å². The van der Waals surface area contributed by atoms with E-state index >= 15 is 0 Å². The predicted octanol–water partition coefficient (Wildman–Crippen LogP) is 3.61. The average Bonchev–Trinajstić information content (AvgIpc) is 2.92. The van der Waals surface area contributed by atoms with Crippen molar-refractivity contribution in [1.82, 2.24) is 10.3 Å². The first-order chi connectivity index (χ1) is 14.2. The van der Waals surface area contributed by atoms with Crippen LogP contribution in [0, 0.1) is 0 Å². The summed E-state index contributed by atoms with van der Waals surface area (Å²) in [6.07, 6.45) is 2.91. The Balaban J connectivity index is 1.72. The summed E-state index contributed by atoms with van der Waals surface area (Å²) in [5, 5.41) is 2.77. The lowest BCUT2D eigenvalue weighted by Crippen LogP contribution is -2.41. The first-order valence-corrected chi connectivity index (χ1v) is 9.89. The van der Waals surface area contributed by atoms with Crippen LogP contribution in [0.2, 0.25) is 0 Å². The number of amides is 1. The monoisotopic (exact) mass is 409 g/mol. The van der Waals surface area contributed by atoms with Gasteiger partial charge in [0, 0.05) is 12.7 Å². The number of carbonyl (C=O) groups is 1. The molecule has 158 valence electrons. The standard InChI is InChI=1S/C22H28BN3O4/c1-21(2)22(3,4)30-23(29-21)17(13-19-18(24)11-8-12-25-19)14-26-20(27)28-15-16-9-6-5-7-10-16/h5-13H,14-15,24H2,1-4H3,(H,26,27). The summed E-state index contributed by atoms with van der Waals surface area (Å²) < 4.78 is 17.6. The van der Waals surface area contributed by atoms with Crippen LogP contribution in [0.25, 0.3) is 6.08 Å². The Kier molecular flexibility index (Phi) is 6.48. The summed E-state index contributed by atoms with van der Waals surface area (Å²) in [5.74, 6) is 0. The van der Waals surface area contributed by atoms with Gasteiger partial charge in [-0.1, -0.05) is 30.3 Å². The van der Waals surface area contributed by atoms with Gasteiger partial charge < -0.3 is 25.1 Å². The molecule has 30 heavy (non-hydrogen) atoms. The van der Waals surface area contributed by atoms with Gasteiger partial charge in [-0.3, -0.25) is 4.98 Å². The Labute approximate surface area is 177 Å². The molecule has 2 heterocycles. The molecule has 7 nitrogen and oxygen atoms in total. The smallest absolute Gasteiger partial charge is 0.445 e. The third-order valence-corrected chi connectivity index (χ3v) is 5.40. The number of hydrogen-bond acceptors (Lipinski definition) is 6. The summed E-state index contributed by atoms with van der Waals surface area (Å²) in [6.45, 7) is 8.25. The fraction of sp³-hybridized carbons (Fsp3) is 0.364. The van der Waals surface area contributed by atoms with Crippen LogP contribution >= 0.6 is 0 Å². The zero-order valence-corrected chi connectivity index (χ0v) is 17.8. The van der Waals surface area contributed by atoms with Crippen molar-refractivity contribution in [3.8, 4) is 0 Å². The number of nitrogens with one attached hydrogen (secondary N) is 1. The molecule has 0 atom stereocenters. The third kappa shape index (κ3) is 5.20. The maximum Gasteiger partial charge on any atom is 0.492 e. The molecule has 8 heteroatoms. The molecule has 1 aromatic carbocycles. The largest absolute Gasteiger partial charge is 0.492 e. The van der Waals surface area contributed by atoms with Crippen LogP contribution in [0.1, 0.15) is 39.0 Å². The van der Waals surface area contributed by atoms with E-state index < -0.39 is 24.4 Å². The number of rotatable bonds is 6. The van der Waals surface area contributed by atoms with E-state index in [-0.39, 0.29) is 13.2 Å². The van der Waals surface area contributed by atoms with Crippen molar-refractivity contribution in [2.45, 2.75) is 45.5 Å². The van der Waals surface area contributed by atoms with Gasteiger partial charge in [-0.05, 0) is 56.9 Å². The number of alkyl carbamates (subject to hydrolysis) is 1. The summed E-state index contributed by atoms with van der Waals surface area (Å²) in [7, 11) is -0.647. The van der Waals surface area contributed by atoms with Crippen molar-refractivity contribution >= 4 is 25.0 Å². The minimum absolute atomic E-state index is 0.167. The van der Waals surface area contributed by atoms with Crippen LogP contribution in [0.15, 0.2) is 54.1 Å². The number of nitrogens with two attached hydrogens (primary N) is 1. The first kappa shape index (κ1) is 21.9. The van der Waals surface area contributed by atoms with Crippen LogP contribution < -0.4 is 11.1 Å². The highest BCUT2D eigenvalue weighted by Gasteiger charge is 2.52. The third-order valence-electron chi connectivity index (χ3n) is 5.40. The Morgan fingerprint density at radius 1 is 1.13 bits per heavy atom. The second-order valence-electron chi connectivity index (χ2n) is 8.20. The summed E-state index contributed by atoms with van der Waals surface area (Å²) in [4.78, 5) is 16.5. The van der Waals surface area contributed by atoms with Gasteiger partial charge in [-0.2, -0.15) is 0 Å². The van der Waals surface area contributed by atoms with Gasteiger partial charge in [0.15, 0.2) is 0 Å². The average molecular weight is 409 g/mol. The van der Waals surface area contributed by atoms with Crippen molar-refractivity contribution in [1.29, 1.82) is 0 Å². The Bertz CT molecular complexity index is 900. The van der Waals surface area contributed by atoms with Crippen molar-refractivity contribution in [3.05, 3.63) is 65.4 Å².